The van der Waals surface area contributed by atoms with Gasteiger partial charge in [0.25, 0.3) is 0 Å². The third-order valence-corrected chi connectivity index (χ3v) is 2.84. The fourth-order valence-electron chi connectivity index (χ4n) is 0.469. The van der Waals surface area contributed by atoms with Crippen molar-refractivity contribution in [2.45, 2.75) is 0 Å². The SMILES string of the molecule is [B]B([B])B([B])B(I)B([B])[B]. The number of hydrogen-bond acceptors (Lipinski definition) is 0. The largest absolute Gasteiger partial charge is 0.173 e. The number of halogens is 1. The van der Waals surface area contributed by atoms with Crippen molar-refractivity contribution in [2.75, 3.05) is 0 Å². The molecular weight excluding hydrogens is 224 g/mol. The van der Waals surface area contributed by atoms with Crippen LogP contribution in [0.1, 0.15) is 0 Å². The third-order valence-electron chi connectivity index (χ3n) is 1.18. The van der Waals surface area contributed by atoms with E-state index >= 15 is 0 Å². The van der Waals surface area contributed by atoms with Gasteiger partial charge in [-0.1, -0.05) is 0 Å². The first kappa shape index (κ1) is 11.3. The Labute approximate surface area is 84.3 Å². The zero-order chi connectivity index (χ0) is 8.31. The summed E-state index contributed by atoms with van der Waals surface area (Å²) in [5.41, 5.74) is 0. The predicted molar refractivity (Wildman–Crippen MR) is 65.8 cm³/mol. The molecule has 0 aliphatic heterocycles. The Kier molecular flexibility index (Phi) is 5.71. The van der Waals surface area contributed by atoms with Gasteiger partial charge in [-0.25, -0.2) is 0 Å². The van der Waals surface area contributed by atoms with E-state index < -0.39 is 12.8 Å². The molecule has 0 spiro atoms. The van der Waals surface area contributed by atoms with E-state index in [1.807, 2.05) is 22.4 Å². The normalized spacial score (nSPS) is 8.50. The average molecular weight is 224 g/mol. The van der Waals surface area contributed by atoms with E-state index in [9.17, 15) is 0 Å². The maximum atomic E-state index is 5.54. The van der Waals surface area contributed by atoms with Crippen LogP contribution in [0.5, 0.6) is 0 Å². The van der Waals surface area contributed by atoms with Crippen molar-refractivity contribution in [3.8, 4) is 0 Å². The Hall–Kier alpha value is 1.31. The molecule has 0 aromatic carbocycles. The van der Waals surface area contributed by atoms with Crippen LogP contribution in [0.4, 0.5) is 0 Å². The summed E-state index contributed by atoms with van der Waals surface area (Å²) >= 11 is 2.04. The van der Waals surface area contributed by atoms with Gasteiger partial charge < -0.3 is 0 Å². The first-order chi connectivity index (χ1) is 4.46. The van der Waals surface area contributed by atoms with Crippen LogP contribution < -0.4 is 0 Å². The molecule has 0 saturated heterocycles. The highest BCUT2D eigenvalue weighted by Gasteiger charge is 2.25. The summed E-state index contributed by atoms with van der Waals surface area (Å²) in [6.07, 6.45) is -1.37. The van der Waals surface area contributed by atoms with E-state index in [2.05, 4.69) is 0 Å². The van der Waals surface area contributed by atoms with Crippen molar-refractivity contribution < 1.29 is 0 Å². The van der Waals surface area contributed by atoms with Crippen LogP contribution in [0, 0.1) is 0 Å². The molecule has 10 radical (unpaired) electrons. The molecule has 0 amide bonds. The second-order valence-electron chi connectivity index (χ2n) is 2.18. The Morgan fingerprint density at radius 2 is 1.20 bits per heavy atom. The lowest BCUT2D eigenvalue weighted by Crippen LogP contribution is -2.55. The fourth-order valence-corrected chi connectivity index (χ4v) is 0.948. The Balaban J connectivity index is 3.81. The van der Waals surface area contributed by atoms with Crippen LogP contribution in [0.2, 0.25) is 0 Å². The molecular formula is B9I. The van der Waals surface area contributed by atoms with Gasteiger partial charge in [-0.15, -0.1) is 0 Å². The molecule has 0 aliphatic rings. The second kappa shape index (κ2) is 5.05. The van der Waals surface area contributed by atoms with Crippen LogP contribution in [-0.2, 0) is 0 Å². The first-order valence-electron chi connectivity index (χ1n) is 2.88. The summed E-state index contributed by atoms with van der Waals surface area (Å²) in [4.78, 5) is 0. The van der Waals surface area contributed by atoms with Crippen LogP contribution in [0.3, 0.4) is 0 Å². The van der Waals surface area contributed by atoms with Gasteiger partial charge in [-0.3, -0.25) is 0 Å². The average Bonchev–Trinajstić information content (AvgIpc) is 1.84. The minimum atomic E-state index is -0.559. The molecule has 0 heterocycles. The predicted octanol–water partition coefficient (Wildman–Crippen LogP) is -2.54. The van der Waals surface area contributed by atoms with Crippen molar-refractivity contribution in [1.82, 2.24) is 0 Å². The van der Waals surface area contributed by atoms with Crippen molar-refractivity contribution in [3.05, 3.63) is 0 Å². The highest BCUT2D eigenvalue weighted by molar-refractivity contribution is 14.1. The molecule has 0 atom stereocenters. The second-order valence-corrected chi connectivity index (χ2v) is 3.61. The van der Waals surface area contributed by atoms with Crippen molar-refractivity contribution in [3.63, 3.8) is 0 Å². The molecule has 0 aromatic rings. The minimum absolute atomic E-state index is 0.0856. The molecule has 34 valence electrons. The number of hydrogen-bond donors (Lipinski definition) is 0. The summed E-state index contributed by atoms with van der Waals surface area (Å²) in [5, 5.41) is 0. The lowest BCUT2D eigenvalue weighted by molar-refractivity contribution is 3.62. The lowest BCUT2D eigenvalue weighted by Gasteiger charge is -2.18. The van der Waals surface area contributed by atoms with E-state index in [0.717, 1.165) is 0 Å². The zero-order valence-electron chi connectivity index (χ0n) is 5.57. The molecule has 0 nitrogen and oxygen atoms in total. The van der Waals surface area contributed by atoms with E-state index in [1.54, 1.807) is 0 Å². The number of rotatable bonds is 3. The van der Waals surface area contributed by atoms with Crippen LogP contribution >= 0.6 is 22.4 Å². The summed E-state index contributed by atoms with van der Waals surface area (Å²) in [6, 6.07) is 0. The molecule has 0 unspecified atom stereocenters. The lowest BCUT2D eigenvalue weighted by atomic mass is 8.69. The summed E-state index contributed by atoms with van der Waals surface area (Å²) in [6.45, 7) is 0. The van der Waals surface area contributed by atoms with E-state index in [-0.39, 0.29) is 10.7 Å². The van der Waals surface area contributed by atoms with Crippen LogP contribution in [0.25, 0.3) is 0 Å². The van der Waals surface area contributed by atoms with Crippen molar-refractivity contribution >= 4 is 84.6 Å². The first-order valence-corrected chi connectivity index (χ1v) is 4.13. The molecule has 0 saturated carbocycles. The van der Waals surface area contributed by atoms with Gasteiger partial charge in [-0.2, -0.15) is 22.4 Å². The molecule has 0 aliphatic carbocycles. The third kappa shape index (κ3) is 3.63. The van der Waals surface area contributed by atoms with Gasteiger partial charge in [0.15, 0.2) is 0 Å². The Bertz CT molecular complexity index is 74.7. The van der Waals surface area contributed by atoms with Gasteiger partial charge in [0.05, 0.1) is 0 Å². The quantitative estimate of drug-likeness (QED) is 0.366. The summed E-state index contributed by atoms with van der Waals surface area (Å²) in [5.74, 6) is 0. The summed E-state index contributed by atoms with van der Waals surface area (Å²) in [7, 11) is 26.9. The topological polar surface area (TPSA) is 0 Å². The Morgan fingerprint density at radius 1 is 0.800 bits per heavy atom. The molecule has 0 N–H and O–H groups in total. The molecule has 10 heteroatoms. The monoisotopic (exact) mass is 226 g/mol. The van der Waals surface area contributed by atoms with Gasteiger partial charge in [0.2, 0.25) is 0 Å². The fraction of sp³-hybridized carbons (Fsp3) is 0. The molecule has 0 rings (SSSR count). The standard InChI is InChI=1S/B9I/c1-6(2)8(5)9(10)7(3)4. The van der Waals surface area contributed by atoms with Crippen molar-refractivity contribution in [1.29, 1.82) is 0 Å². The minimum Gasteiger partial charge on any atom is -0.173 e. The Morgan fingerprint density at radius 3 is 1.30 bits per heavy atom. The van der Waals surface area contributed by atoms with E-state index in [4.69, 9.17) is 38.7 Å². The van der Waals surface area contributed by atoms with Gasteiger partial charge in [-0.05, 0) is 0 Å². The molecule has 10 heavy (non-hydrogen) atoms. The smallest absolute Gasteiger partial charge is 0.120 e. The van der Waals surface area contributed by atoms with Crippen molar-refractivity contribution in [2.24, 2.45) is 0 Å². The molecule has 0 aromatic heterocycles. The van der Waals surface area contributed by atoms with Crippen LogP contribution in [0.15, 0.2) is 0 Å². The highest BCUT2D eigenvalue weighted by Crippen LogP contribution is 1.98. The summed E-state index contributed by atoms with van der Waals surface area (Å²) < 4.78 is -0.0856. The zero-order valence-corrected chi connectivity index (χ0v) is 7.73. The van der Waals surface area contributed by atoms with Gasteiger partial charge >= 0.3 is 0 Å². The maximum absolute atomic E-state index is 5.54. The van der Waals surface area contributed by atoms with Gasteiger partial charge in [0.1, 0.15) is 4.35 Å². The van der Waals surface area contributed by atoms with Gasteiger partial charge in [0, 0.05) is 57.8 Å². The van der Waals surface area contributed by atoms with E-state index in [1.165, 1.54) is 0 Å². The maximum Gasteiger partial charge on any atom is 0.120 e. The molecule has 0 fully saturated rings. The van der Waals surface area contributed by atoms with Crippen LogP contribution in [-0.4, -0.2) is 62.2 Å². The highest BCUT2D eigenvalue weighted by atomic mass is 127. The molecule has 0 bridgehead atoms. The van der Waals surface area contributed by atoms with E-state index in [0.29, 0.717) is 0 Å².